The Morgan fingerprint density at radius 3 is 2.76 bits per heavy atom. The van der Waals surface area contributed by atoms with Crippen LogP contribution in [0, 0.1) is 11.3 Å². The molecule has 6 heteroatoms. The van der Waals surface area contributed by atoms with Crippen LogP contribution in [-0.2, 0) is 0 Å². The predicted molar refractivity (Wildman–Crippen MR) is 115 cm³/mol. The number of nitriles is 1. The Bertz CT molecular complexity index is 980. The fraction of sp³-hybridized carbons (Fsp3) is 0.261. The van der Waals surface area contributed by atoms with Crippen molar-refractivity contribution in [3.05, 3.63) is 83.8 Å². The molecule has 0 amide bonds. The molecule has 0 fully saturated rings. The minimum Gasteiger partial charge on any atom is -0.380 e. The second-order valence-electron chi connectivity index (χ2n) is 7.31. The molecule has 3 N–H and O–H groups in total. The molecular weight excluding hydrogens is 360 g/mol. The Labute approximate surface area is 171 Å². The fourth-order valence-electron chi connectivity index (χ4n) is 3.63. The molecule has 2 aromatic heterocycles. The SMILES string of the molecule is C[C@@H](CN[C@H](c1ccccc1)[C@H]1CNc2cccnc2N1)c1ccc(C#N)cn1. The van der Waals surface area contributed by atoms with Crippen LogP contribution in [0.3, 0.4) is 0 Å². The number of nitrogens with one attached hydrogen (secondary N) is 3. The number of nitrogens with zero attached hydrogens (tertiary/aromatic N) is 3. The van der Waals surface area contributed by atoms with Gasteiger partial charge in [-0.25, -0.2) is 4.98 Å². The first kappa shape index (κ1) is 18.9. The van der Waals surface area contributed by atoms with Crippen LogP contribution in [0.2, 0.25) is 0 Å². The third-order valence-electron chi connectivity index (χ3n) is 5.27. The van der Waals surface area contributed by atoms with Crippen molar-refractivity contribution in [1.82, 2.24) is 15.3 Å². The Balaban J connectivity index is 1.50. The van der Waals surface area contributed by atoms with Gasteiger partial charge in [0.2, 0.25) is 0 Å². The van der Waals surface area contributed by atoms with Crippen LogP contribution >= 0.6 is 0 Å². The molecule has 6 nitrogen and oxygen atoms in total. The topological polar surface area (TPSA) is 85.7 Å². The smallest absolute Gasteiger partial charge is 0.149 e. The Kier molecular flexibility index (Phi) is 5.68. The Morgan fingerprint density at radius 1 is 1.14 bits per heavy atom. The van der Waals surface area contributed by atoms with E-state index in [1.807, 2.05) is 30.3 Å². The highest BCUT2D eigenvalue weighted by Gasteiger charge is 2.27. The van der Waals surface area contributed by atoms with Crippen molar-refractivity contribution < 1.29 is 0 Å². The average molecular weight is 384 g/mol. The second-order valence-corrected chi connectivity index (χ2v) is 7.31. The molecule has 146 valence electrons. The molecule has 0 unspecified atom stereocenters. The zero-order chi connectivity index (χ0) is 20.1. The summed E-state index contributed by atoms with van der Waals surface area (Å²) in [5.41, 5.74) is 3.82. The number of pyridine rings is 2. The molecule has 0 saturated carbocycles. The molecule has 1 aliphatic heterocycles. The van der Waals surface area contributed by atoms with Crippen molar-refractivity contribution in [2.75, 3.05) is 23.7 Å². The number of rotatable bonds is 6. The molecule has 4 rings (SSSR count). The molecule has 0 aliphatic carbocycles. The molecule has 1 aliphatic rings. The monoisotopic (exact) mass is 384 g/mol. The molecule has 29 heavy (non-hydrogen) atoms. The lowest BCUT2D eigenvalue weighted by Crippen LogP contribution is -2.45. The first-order valence-electron chi connectivity index (χ1n) is 9.84. The maximum atomic E-state index is 8.96. The average Bonchev–Trinajstić information content (AvgIpc) is 2.79. The van der Waals surface area contributed by atoms with Gasteiger partial charge >= 0.3 is 0 Å². The molecule has 3 heterocycles. The third kappa shape index (κ3) is 4.36. The third-order valence-corrected chi connectivity index (χ3v) is 5.27. The highest BCUT2D eigenvalue weighted by Crippen LogP contribution is 2.28. The van der Waals surface area contributed by atoms with Gasteiger partial charge in [-0.2, -0.15) is 5.26 Å². The van der Waals surface area contributed by atoms with Crippen molar-refractivity contribution in [3.8, 4) is 6.07 Å². The Morgan fingerprint density at radius 2 is 2.00 bits per heavy atom. The highest BCUT2D eigenvalue weighted by atomic mass is 15.2. The fourth-order valence-corrected chi connectivity index (χ4v) is 3.63. The minimum atomic E-state index is 0.111. The molecule has 0 saturated heterocycles. The summed E-state index contributed by atoms with van der Waals surface area (Å²) in [7, 11) is 0. The summed E-state index contributed by atoms with van der Waals surface area (Å²) < 4.78 is 0. The molecule has 0 spiro atoms. The van der Waals surface area contributed by atoms with Crippen LogP contribution in [0.15, 0.2) is 67.0 Å². The van der Waals surface area contributed by atoms with Crippen molar-refractivity contribution in [1.29, 1.82) is 5.26 Å². The van der Waals surface area contributed by atoms with E-state index >= 15 is 0 Å². The lowest BCUT2D eigenvalue weighted by molar-refractivity contribution is 0.451. The van der Waals surface area contributed by atoms with E-state index in [9.17, 15) is 0 Å². The lowest BCUT2D eigenvalue weighted by atomic mass is 9.96. The molecule has 1 aromatic carbocycles. The quantitative estimate of drug-likeness (QED) is 0.601. The Hall–Kier alpha value is -3.43. The van der Waals surface area contributed by atoms with Crippen LogP contribution in [0.1, 0.15) is 35.7 Å². The molecule has 0 radical (unpaired) electrons. The largest absolute Gasteiger partial charge is 0.380 e. The molecule has 3 atom stereocenters. The minimum absolute atomic E-state index is 0.111. The highest BCUT2D eigenvalue weighted by molar-refractivity contribution is 5.67. The zero-order valence-electron chi connectivity index (χ0n) is 16.3. The van der Waals surface area contributed by atoms with Gasteiger partial charge in [0.05, 0.1) is 23.3 Å². The van der Waals surface area contributed by atoms with E-state index in [-0.39, 0.29) is 18.0 Å². The number of hydrogen-bond donors (Lipinski definition) is 3. The van der Waals surface area contributed by atoms with Gasteiger partial charge in [-0.1, -0.05) is 37.3 Å². The number of benzene rings is 1. The van der Waals surface area contributed by atoms with Gasteiger partial charge in [-0.05, 0) is 29.8 Å². The van der Waals surface area contributed by atoms with Crippen LogP contribution in [0.25, 0.3) is 0 Å². The first-order valence-corrected chi connectivity index (χ1v) is 9.84. The summed E-state index contributed by atoms with van der Waals surface area (Å²) in [4.78, 5) is 8.91. The van der Waals surface area contributed by atoms with Gasteiger partial charge in [0.25, 0.3) is 0 Å². The van der Waals surface area contributed by atoms with Crippen molar-refractivity contribution in [2.45, 2.75) is 24.9 Å². The number of fused-ring (bicyclic) bond motifs is 1. The maximum absolute atomic E-state index is 8.96. The summed E-state index contributed by atoms with van der Waals surface area (Å²) >= 11 is 0. The summed E-state index contributed by atoms with van der Waals surface area (Å²) in [5.74, 6) is 1.10. The zero-order valence-corrected chi connectivity index (χ0v) is 16.3. The van der Waals surface area contributed by atoms with Crippen molar-refractivity contribution >= 4 is 11.5 Å². The van der Waals surface area contributed by atoms with E-state index in [0.29, 0.717) is 5.56 Å². The number of aromatic nitrogens is 2. The van der Waals surface area contributed by atoms with Crippen molar-refractivity contribution in [2.24, 2.45) is 0 Å². The van der Waals surface area contributed by atoms with Crippen molar-refractivity contribution in [3.63, 3.8) is 0 Å². The van der Waals surface area contributed by atoms with Crippen LogP contribution in [0.4, 0.5) is 11.5 Å². The van der Waals surface area contributed by atoms with E-state index < -0.39 is 0 Å². The molecule has 3 aromatic rings. The number of hydrogen-bond acceptors (Lipinski definition) is 6. The number of anilines is 2. The van der Waals surface area contributed by atoms with Crippen LogP contribution < -0.4 is 16.0 Å². The van der Waals surface area contributed by atoms with Gasteiger partial charge < -0.3 is 16.0 Å². The van der Waals surface area contributed by atoms with Gasteiger partial charge in [0, 0.05) is 37.1 Å². The van der Waals surface area contributed by atoms with Gasteiger partial charge in [0.1, 0.15) is 11.9 Å². The summed E-state index contributed by atoms with van der Waals surface area (Å²) in [6, 6.07) is 20.6. The van der Waals surface area contributed by atoms with E-state index in [1.165, 1.54) is 5.56 Å². The normalized spacial score (nSPS) is 17.2. The van der Waals surface area contributed by atoms with Crippen LogP contribution in [0.5, 0.6) is 0 Å². The summed E-state index contributed by atoms with van der Waals surface area (Å²) in [6.45, 7) is 3.72. The predicted octanol–water partition coefficient (Wildman–Crippen LogP) is 3.69. The van der Waals surface area contributed by atoms with E-state index in [2.05, 4.69) is 63.2 Å². The molecular formula is C23H24N6. The molecule has 0 bridgehead atoms. The van der Waals surface area contributed by atoms with Gasteiger partial charge in [-0.15, -0.1) is 0 Å². The maximum Gasteiger partial charge on any atom is 0.149 e. The van der Waals surface area contributed by atoms with E-state index in [4.69, 9.17) is 5.26 Å². The van der Waals surface area contributed by atoms with Crippen LogP contribution in [-0.4, -0.2) is 29.1 Å². The second kappa shape index (κ2) is 8.72. The first-order chi connectivity index (χ1) is 14.2. The van der Waals surface area contributed by atoms with Gasteiger partial charge in [-0.3, -0.25) is 4.98 Å². The van der Waals surface area contributed by atoms with E-state index in [1.54, 1.807) is 12.4 Å². The summed E-state index contributed by atoms with van der Waals surface area (Å²) in [5, 5.41) is 19.8. The lowest BCUT2D eigenvalue weighted by Gasteiger charge is -2.34. The summed E-state index contributed by atoms with van der Waals surface area (Å²) in [6.07, 6.45) is 3.44. The van der Waals surface area contributed by atoms with E-state index in [0.717, 1.165) is 30.3 Å². The standard InChI is InChI=1S/C23H24N6/c1-16(19-10-9-17(12-24)14-26-19)13-28-22(18-6-3-2-4-7-18)21-15-27-20-8-5-11-25-23(20)29-21/h2-11,14,16,21-22,27-28H,13,15H2,1H3,(H,25,29)/t16-,21+,22+/m0/s1. The van der Waals surface area contributed by atoms with Gasteiger partial charge in [0.15, 0.2) is 0 Å².